The number of aliphatic carboxylic acids is 1. The van der Waals surface area contributed by atoms with Gasteiger partial charge in [0.1, 0.15) is 11.6 Å². The first-order valence-corrected chi connectivity index (χ1v) is 10.6. The largest absolute Gasteiger partial charge is 0.481 e. The summed E-state index contributed by atoms with van der Waals surface area (Å²) in [6.07, 6.45) is 6.27. The predicted octanol–water partition coefficient (Wildman–Crippen LogP) is 3.46. The zero-order chi connectivity index (χ0) is 22.0. The molecule has 2 N–H and O–H groups in total. The number of piperidine rings is 1. The van der Waals surface area contributed by atoms with Gasteiger partial charge in [-0.15, -0.1) is 0 Å². The van der Waals surface area contributed by atoms with Crippen LogP contribution in [0.15, 0.2) is 28.8 Å². The number of aromatic nitrogens is 1. The molecule has 1 aliphatic heterocycles. The molecule has 0 radical (unpaired) electrons. The number of hydrogen-bond acceptors (Lipinski definition) is 5. The first-order valence-electron chi connectivity index (χ1n) is 10.6. The first kappa shape index (κ1) is 21.4. The molecular formula is C22H25F2N3O4. The second-order valence-corrected chi connectivity index (χ2v) is 8.30. The van der Waals surface area contributed by atoms with Crippen LogP contribution in [-0.2, 0) is 4.79 Å². The zero-order valence-corrected chi connectivity index (χ0v) is 17.0. The van der Waals surface area contributed by atoms with Gasteiger partial charge in [-0.2, -0.15) is 0 Å². The summed E-state index contributed by atoms with van der Waals surface area (Å²) >= 11 is 0. The van der Waals surface area contributed by atoms with Crippen molar-refractivity contribution in [3.05, 3.63) is 41.6 Å². The number of carboxylic acid groups (broad SMARTS) is 1. The van der Waals surface area contributed by atoms with Crippen molar-refractivity contribution in [2.75, 3.05) is 13.1 Å². The third kappa shape index (κ3) is 4.76. The lowest BCUT2D eigenvalue weighted by atomic mass is 9.87. The lowest BCUT2D eigenvalue weighted by Gasteiger charge is -2.42. The molecule has 7 nitrogen and oxygen atoms in total. The van der Waals surface area contributed by atoms with Crippen molar-refractivity contribution in [1.82, 2.24) is 15.4 Å². The highest BCUT2D eigenvalue weighted by Crippen LogP contribution is 2.28. The molecule has 2 heterocycles. The molecule has 2 atom stereocenters. The molecule has 1 saturated carbocycles. The molecule has 4 rings (SSSR count). The number of likely N-dealkylation sites (tertiary alicyclic amines) is 1. The molecule has 1 aliphatic carbocycles. The number of nitrogens with one attached hydrogen (secondary N) is 1. The van der Waals surface area contributed by atoms with Crippen molar-refractivity contribution in [2.45, 2.75) is 50.6 Å². The summed E-state index contributed by atoms with van der Waals surface area (Å²) in [5.41, 5.74) is -0.102. The molecule has 2 fully saturated rings. The Kier molecular flexibility index (Phi) is 6.31. The molecule has 2 aliphatic rings. The fourth-order valence-corrected chi connectivity index (χ4v) is 4.62. The Morgan fingerprint density at radius 3 is 2.61 bits per heavy atom. The summed E-state index contributed by atoms with van der Waals surface area (Å²) in [6.45, 7) is 1.13. The van der Waals surface area contributed by atoms with Gasteiger partial charge in [0.15, 0.2) is 11.5 Å². The van der Waals surface area contributed by atoms with Gasteiger partial charge >= 0.3 is 5.97 Å². The van der Waals surface area contributed by atoms with Gasteiger partial charge in [0.05, 0.1) is 11.5 Å². The summed E-state index contributed by atoms with van der Waals surface area (Å²) in [7, 11) is 0. The van der Waals surface area contributed by atoms with E-state index in [1.54, 1.807) is 0 Å². The van der Waals surface area contributed by atoms with Crippen molar-refractivity contribution >= 4 is 11.9 Å². The third-order valence-corrected chi connectivity index (χ3v) is 6.31. The number of benzene rings is 1. The Morgan fingerprint density at radius 2 is 1.90 bits per heavy atom. The lowest BCUT2D eigenvalue weighted by molar-refractivity contribution is -0.145. The summed E-state index contributed by atoms with van der Waals surface area (Å²) in [5, 5.41) is 16.2. The molecule has 166 valence electrons. The second kappa shape index (κ2) is 9.13. The summed E-state index contributed by atoms with van der Waals surface area (Å²) in [5.74, 6) is -3.81. The van der Waals surface area contributed by atoms with Gasteiger partial charge in [0.25, 0.3) is 5.91 Å². The fraction of sp³-hybridized carbons (Fsp3) is 0.500. The number of carbonyl (C=O) groups excluding carboxylic acids is 1. The molecule has 31 heavy (non-hydrogen) atoms. The fourth-order valence-electron chi connectivity index (χ4n) is 4.62. The van der Waals surface area contributed by atoms with Crippen LogP contribution in [0.4, 0.5) is 8.78 Å². The van der Waals surface area contributed by atoms with Crippen molar-refractivity contribution in [1.29, 1.82) is 0 Å². The van der Waals surface area contributed by atoms with E-state index < -0.39 is 35.5 Å². The Morgan fingerprint density at radius 1 is 1.13 bits per heavy atom. The third-order valence-electron chi connectivity index (χ3n) is 6.31. The van der Waals surface area contributed by atoms with E-state index >= 15 is 0 Å². The van der Waals surface area contributed by atoms with Crippen LogP contribution >= 0.6 is 0 Å². The van der Waals surface area contributed by atoms with E-state index in [0.29, 0.717) is 19.0 Å². The average Bonchev–Trinajstić information content (AvgIpc) is 3.24. The number of carbonyl (C=O) groups is 2. The highest BCUT2D eigenvalue weighted by Gasteiger charge is 2.38. The van der Waals surface area contributed by atoms with Crippen molar-refractivity contribution in [2.24, 2.45) is 5.92 Å². The molecule has 9 heteroatoms. The van der Waals surface area contributed by atoms with E-state index in [1.165, 1.54) is 31.4 Å². The number of nitrogens with zero attached hydrogens (tertiary/aromatic N) is 2. The van der Waals surface area contributed by atoms with Crippen LogP contribution in [0.2, 0.25) is 0 Å². The maximum Gasteiger partial charge on any atom is 0.309 e. The zero-order valence-electron chi connectivity index (χ0n) is 17.0. The van der Waals surface area contributed by atoms with E-state index in [9.17, 15) is 23.5 Å². The maximum absolute atomic E-state index is 14.0. The number of amides is 1. The van der Waals surface area contributed by atoms with Crippen molar-refractivity contribution < 1.29 is 28.0 Å². The number of carboxylic acids is 1. The SMILES string of the molecule is O=C(N[C@H]1CCN(C2CCCCC2)C[C@@H]1C(=O)O)c1cc(-c2ccc(F)cc2F)on1. The summed E-state index contributed by atoms with van der Waals surface area (Å²) < 4.78 is 32.1. The van der Waals surface area contributed by atoms with E-state index in [2.05, 4.69) is 15.4 Å². The van der Waals surface area contributed by atoms with E-state index in [0.717, 1.165) is 31.5 Å². The van der Waals surface area contributed by atoms with Gasteiger partial charge in [0.2, 0.25) is 0 Å². The molecule has 1 saturated heterocycles. The van der Waals surface area contributed by atoms with Gasteiger partial charge in [-0.05, 0) is 31.4 Å². The highest BCUT2D eigenvalue weighted by atomic mass is 19.1. The van der Waals surface area contributed by atoms with Gasteiger partial charge < -0.3 is 14.9 Å². The van der Waals surface area contributed by atoms with Crippen LogP contribution in [-0.4, -0.2) is 52.2 Å². The van der Waals surface area contributed by atoms with Crippen LogP contribution in [0.5, 0.6) is 0 Å². The predicted molar refractivity (Wildman–Crippen MR) is 107 cm³/mol. The van der Waals surface area contributed by atoms with E-state index in [4.69, 9.17) is 4.52 Å². The van der Waals surface area contributed by atoms with Crippen LogP contribution < -0.4 is 5.32 Å². The average molecular weight is 433 g/mol. The van der Waals surface area contributed by atoms with E-state index in [1.807, 2.05) is 0 Å². The molecule has 1 aromatic carbocycles. The minimum atomic E-state index is -0.944. The normalized spacial score (nSPS) is 22.9. The second-order valence-electron chi connectivity index (χ2n) is 8.30. The Bertz CT molecular complexity index is 958. The quantitative estimate of drug-likeness (QED) is 0.750. The van der Waals surface area contributed by atoms with Crippen LogP contribution in [0.3, 0.4) is 0 Å². The number of rotatable bonds is 5. The topological polar surface area (TPSA) is 95.7 Å². The minimum absolute atomic E-state index is 0.00967. The summed E-state index contributed by atoms with van der Waals surface area (Å²) in [6, 6.07) is 4.14. The number of hydrogen-bond donors (Lipinski definition) is 2. The molecule has 0 bridgehead atoms. The van der Waals surface area contributed by atoms with Gasteiger partial charge in [0, 0.05) is 37.3 Å². The Labute approximate surface area is 178 Å². The first-order chi connectivity index (χ1) is 14.9. The minimum Gasteiger partial charge on any atom is -0.481 e. The molecular weight excluding hydrogens is 408 g/mol. The van der Waals surface area contributed by atoms with Crippen LogP contribution in [0.1, 0.15) is 49.0 Å². The summed E-state index contributed by atoms with van der Waals surface area (Å²) in [4.78, 5) is 26.8. The standard InChI is InChI=1S/C22H25F2N3O4/c23-13-6-7-15(17(24)10-13)20-11-19(26-31-20)21(28)25-18-8-9-27(12-16(18)22(29)30)14-4-2-1-3-5-14/h6-7,10-11,14,16,18H,1-5,8-9,12H2,(H,25,28)(H,29,30)/t16-,18-/m0/s1. The van der Waals surface area contributed by atoms with Gasteiger partial charge in [-0.1, -0.05) is 24.4 Å². The highest BCUT2D eigenvalue weighted by molar-refractivity contribution is 5.93. The smallest absolute Gasteiger partial charge is 0.309 e. The van der Waals surface area contributed by atoms with Crippen molar-refractivity contribution in [3.8, 4) is 11.3 Å². The molecule has 1 aromatic heterocycles. The Hall–Kier alpha value is -2.81. The van der Waals surface area contributed by atoms with Gasteiger partial charge in [-0.25, -0.2) is 8.78 Å². The van der Waals surface area contributed by atoms with Crippen LogP contribution in [0.25, 0.3) is 11.3 Å². The molecule has 0 spiro atoms. The molecule has 0 unspecified atom stereocenters. The Balaban J connectivity index is 1.43. The maximum atomic E-state index is 14.0. The van der Waals surface area contributed by atoms with Crippen molar-refractivity contribution in [3.63, 3.8) is 0 Å². The monoisotopic (exact) mass is 433 g/mol. The number of halogens is 2. The van der Waals surface area contributed by atoms with Gasteiger partial charge in [-0.3, -0.25) is 14.5 Å². The molecule has 1 amide bonds. The molecule has 2 aromatic rings. The van der Waals surface area contributed by atoms with Crippen LogP contribution in [0, 0.1) is 17.6 Å². The van der Waals surface area contributed by atoms with E-state index in [-0.39, 0.29) is 17.0 Å². The lowest BCUT2D eigenvalue weighted by Crippen LogP contribution is -2.56.